The largest absolute Gasteiger partial charge is 0.490 e. The molecule has 4 rings (SSSR count). The Hall–Kier alpha value is -3.23. The number of rotatable bonds is 10. The van der Waals surface area contributed by atoms with Gasteiger partial charge in [0.2, 0.25) is 5.95 Å². The third-order valence-corrected chi connectivity index (χ3v) is 6.40. The van der Waals surface area contributed by atoms with Crippen LogP contribution in [0.4, 0.5) is 5.95 Å². The topological polar surface area (TPSA) is 87.5 Å². The highest BCUT2D eigenvalue weighted by molar-refractivity contribution is 6.35. The average molecular weight is 531 g/mol. The van der Waals surface area contributed by atoms with Crippen LogP contribution in [0.5, 0.6) is 11.5 Å². The molecule has 8 nitrogen and oxygen atoms in total. The Balaban J connectivity index is 1.74. The number of carbonyl (C=O) groups is 1. The van der Waals surface area contributed by atoms with Gasteiger partial charge in [-0.3, -0.25) is 0 Å². The number of allylic oxidation sites excluding steroid dienone is 1. The average Bonchev–Trinajstić information content (AvgIpc) is 3.32. The Labute approximate surface area is 220 Å². The molecule has 0 saturated carbocycles. The van der Waals surface area contributed by atoms with Crippen LogP contribution in [-0.4, -0.2) is 33.9 Å². The van der Waals surface area contributed by atoms with E-state index in [1.54, 1.807) is 29.8 Å². The first kappa shape index (κ1) is 25.9. The van der Waals surface area contributed by atoms with Crippen molar-refractivity contribution in [2.75, 3.05) is 18.5 Å². The number of aromatic nitrogens is 3. The number of benzene rings is 2. The molecule has 36 heavy (non-hydrogen) atoms. The zero-order valence-corrected chi connectivity index (χ0v) is 21.9. The summed E-state index contributed by atoms with van der Waals surface area (Å²) < 4.78 is 19.1. The summed E-state index contributed by atoms with van der Waals surface area (Å²) >= 11 is 12.6. The molecule has 0 aliphatic carbocycles. The molecular formula is C26H28Cl2N4O4. The summed E-state index contributed by atoms with van der Waals surface area (Å²) in [6, 6.07) is 10.3. The molecule has 0 bridgehead atoms. The van der Waals surface area contributed by atoms with Gasteiger partial charge in [-0.15, -0.1) is 0 Å². The maximum atomic E-state index is 13.1. The van der Waals surface area contributed by atoms with Gasteiger partial charge in [0.15, 0.2) is 11.5 Å². The molecule has 0 fully saturated rings. The predicted octanol–water partition coefficient (Wildman–Crippen LogP) is 6.19. The molecule has 1 aliphatic heterocycles. The van der Waals surface area contributed by atoms with Crippen molar-refractivity contribution in [3.05, 3.63) is 75.2 Å². The lowest BCUT2D eigenvalue weighted by atomic mass is 9.93. The van der Waals surface area contributed by atoms with Gasteiger partial charge in [-0.2, -0.15) is 10.1 Å². The van der Waals surface area contributed by atoms with Gasteiger partial charge in [0.1, 0.15) is 19.0 Å². The van der Waals surface area contributed by atoms with Gasteiger partial charge in [-0.1, -0.05) is 48.7 Å². The molecule has 0 radical (unpaired) electrons. The fourth-order valence-corrected chi connectivity index (χ4v) is 4.63. The molecule has 10 heteroatoms. The standard InChI is InChI=1S/C26H28Cl2N4O4/c1-4-8-20-23(25(33)35-6-3)24(32-26(31-20)29-15-30-32)16-11-12-21(22(13-16)34-5-2)36-14-17-18(27)9-7-10-19(17)28/h7,9-13,15,24H,4-6,8,14H2,1-3H3,(H,29,30,31)/t24-/m0/s1. The Bertz CT molecular complexity index is 1250. The number of fused-ring (bicyclic) bond motifs is 1. The SMILES string of the molecule is CCCC1=C(C(=O)OCC)[C@H](c2ccc(OCc3c(Cl)cccc3Cl)c(OCC)c2)n2ncnc2N1. The number of hydrogen-bond donors (Lipinski definition) is 1. The molecule has 2 aromatic carbocycles. The van der Waals surface area contributed by atoms with E-state index in [2.05, 4.69) is 22.3 Å². The number of nitrogens with zero attached hydrogens (tertiary/aromatic N) is 3. The van der Waals surface area contributed by atoms with E-state index in [0.29, 0.717) is 51.7 Å². The zero-order chi connectivity index (χ0) is 25.7. The third-order valence-electron chi connectivity index (χ3n) is 5.69. The minimum Gasteiger partial charge on any atom is -0.490 e. The lowest BCUT2D eigenvalue weighted by Crippen LogP contribution is -2.30. The van der Waals surface area contributed by atoms with Crippen LogP contribution in [0.1, 0.15) is 50.8 Å². The molecule has 190 valence electrons. The monoisotopic (exact) mass is 530 g/mol. The number of nitrogens with one attached hydrogen (secondary N) is 1. The molecular weight excluding hydrogens is 503 g/mol. The zero-order valence-electron chi connectivity index (χ0n) is 20.4. The minimum absolute atomic E-state index is 0.174. The lowest BCUT2D eigenvalue weighted by molar-refractivity contribution is -0.139. The van der Waals surface area contributed by atoms with E-state index in [9.17, 15) is 4.79 Å². The van der Waals surface area contributed by atoms with Crippen molar-refractivity contribution >= 4 is 35.1 Å². The molecule has 1 aromatic heterocycles. The summed E-state index contributed by atoms with van der Waals surface area (Å²) in [5, 5.41) is 8.70. The van der Waals surface area contributed by atoms with Gasteiger partial charge in [0, 0.05) is 21.3 Å². The number of hydrogen-bond acceptors (Lipinski definition) is 7. The normalized spacial score (nSPS) is 14.8. The van der Waals surface area contributed by atoms with Gasteiger partial charge in [-0.05, 0) is 50.1 Å². The summed E-state index contributed by atoms with van der Waals surface area (Å²) in [6.45, 7) is 6.60. The van der Waals surface area contributed by atoms with Crippen LogP contribution in [0.3, 0.4) is 0 Å². The number of halogens is 2. The van der Waals surface area contributed by atoms with Gasteiger partial charge in [0.25, 0.3) is 0 Å². The first-order valence-electron chi connectivity index (χ1n) is 11.9. The Morgan fingerprint density at radius 3 is 2.53 bits per heavy atom. The highest BCUT2D eigenvalue weighted by Gasteiger charge is 2.35. The van der Waals surface area contributed by atoms with Crippen molar-refractivity contribution in [1.82, 2.24) is 14.8 Å². The molecule has 1 N–H and O–H groups in total. The Kier molecular flexibility index (Phi) is 8.38. The van der Waals surface area contributed by atoms with E-state index >= 15 is 0 Å². The summed E-state index contributed by atoms with van der Waals surface area (Å²) in [6.07, 6.45) is 2.96. The van der Waals surface area contributed by atoms with Gasteiger partial charge in [-0.25, -0.2) is 9.48 Å². The van der Waals surface area contributed by atoms with Crippen LogP contribution in [-0.2, 0) is 16.1 Å². The van der Waals surface area contributed by atoms with Crippen LogP contribution in [0.25, 0.3) is 0 Å². The number of carbonyl (C=O) groups excluding carboxylic acids is 1. The molecule has 0 unspecified atom stereocenters. The van der Waals surface area contributed by atoms with Crippen molar-refractivity contribution in [2.24, 2.45) is 0 Å². The van der Waals surface area contributed by atoms with Crippen molar-refractivity contribution in [1.29, 1.82) is 0 Å². The lowest BCUT2D eigenvalue weighted by Gasteiger charge is -2.29. The summed E-state index contributed by atoms with van der Waals surface area (Å²) in [5.74, 6) is 1.22. The second-order valence-electron chi connectivity index (χ2n) is 8.05. The highest BCUT2D eigenvalue weighted by Crippen LogP contribution is 2.40. The second kappa shape index (κ2) is 11.7. The summed E-state index contributed by atoms with van der Waals surface area (Å²) in [7, 11) is 0. The van der Waals surface area contributed by atoms with Crippen molar-refractivity contribution in [3.8, 4) is 11.5 Å². The molecule has 0 spiro atoms. The summed E-state index contributed by atoms with van der Waals surface area (Å²) in [5.41, 5.74) is 2.74. The number of anilines is 1. The molecule has 0 saturated heterocycles. The van der Waals surface area contributed by atoms with Crippen molar-refractivity contribution < 1.29 is 19.0 Å². The van der Waals surface area contributed by atoms with Crippen LogP contribution >= 0.6 is 23.2 Å². The summed E-state index contributed by atoms with van der Waals surface area (Å²) in [4.78, 5) is 17.5. The molecule has 1 aliphatic rings. The Morgan fingerprint density at radius 2 is 1.83 bits per heavy atom. The van der Waals surface area contributed by atoms with Crippen LogP contribution in [0.2, 0.25) is 10.0 Å². The maximum Gasteiger partial charge on any atom is 0.338 e. The molecule has 2 heterocycles. The quantitative estimate of drug-likeness (QED) is 0.312. The van der Waals surface area contributed by atoms with Gasteiger partial charge in [0.05, 0.1) is 18.8 Å². The molecule has 3 aromatic rings. The first-order chi connectivity index (χ1) is 17.5. The van der Waals surface area contributed by atoms with Crippen LogP contribution < -0.4 is 14.8 Å². The molecule has 1 atom stereocenters. The van der Waals surface area contributed by atoms with Crippen molar-refractivity contribution in [2.45, 2.75) is 46.3 Å². The van der Waals surface area contributed by atoms with Crippen molar-refractivity contribution in [3.63, 3.8) is 0 Å². The minimum atomic E-state index is -0.546. The second-order valence-corrected chi connectivity index (χ2v) is 8.86. The van der Waals surface area contributed by atoms with E-state index < -0.39 is 12.0 Å². The van der Waals surface area contributed by atoms with Crippen LogP contribution in [0, 0.1) is 0 Å². The van der Waals surface area contributed by atoms with Gasteiger partial charge >= 0.3 is 5.97 Å². The van der Waals surface area contributed by atoms with Crippen LogP contribution in [0.15, 0.2) is 54.0 Å². The molecule has 0 amide bonds. The number of ether oxygens (including phenoxy) is 3. The number of esters is 1. The van der Waals surface area contributed by atoms with E-state index in [4.69, 9.17) is 37.4 Å². The predicted molar refractivity (Wildman–Crippen MR) is 139 cm³/mol. The Morgan fingerprint density at radius 1 is 1.06 bits per heavy atom. The van der Waals surface area contributed by atoms with Gasteiger partial charge < -0.3 is 19.5 Å². The van der Waals surface area contributed by atoms with E-state index in [-0.39, 0.29) is 13.2 Å². The fourth-order valence-electron chi connectivity index (χ4n) is 4.12. The third kappa shape index (κ3) is 5.29. The fraction of sp³-hybridized carbons (Fsp3) is 0.346. The smallest absolute Gasteiger partial charge is 0.338 e. The van der Waals surface area contributed by atoms with E-state index in [1.807, 2.05) is 25.1 Å². The highest BCUT2D eigenvalue weighted by atomic mass is 35.5. The van der Waals surface area contributed by atoms with E-state index in [1.165, 1.54) is 6.33 Å². The maximum absolute atomic E-state index is 13.1. The van der Waals surface area contributed by atoms with E-state index in [0.717, 1.165) is 17.7 Å². The first-order valence-corrected chi connectivity index (χ1v) is 12.6.